The summed E-state index contributed by atoms with van der Waals surface area (Å²) in [6, 6.07) is 9.82. The molecule has 0 aromatic heterocycles. The highest BCUT2D eigenvalue weighted by atomic mass is 16.5. The van der Waals surface area contributed by atoms with Crippen LogP contribution >= 0.6 is 0 Å². The first-order chi connectivity index (χ1) is 12.1. The first kappa shape index (κ1) is 18.1. The molecule has 1 heterocycles. The lowest BCUT2D eigenvalue weighted by Gasteiger charge is -2.28. The van der Waals surface area contributed by atoms with Gasteiger partial charge in [0.15, 0.2) is 5.96 Å². The molecule has 2 fully saturated rings. The molecule has 1 saturated heterocycles. The topological polar surface area (TPSA) is 40.1 Å². The maximum atomic E-state index is 5.26. The van der Waals surface area contributed by atoms with Gasteiger partial charge in [0.1, 0.15) is 5.75 Å². The largest absolute Gasteiger partial charge is 0.497 e. The van der Waals surface area contributed by atoms with Gasteiger partial charge in [0.05, 0.1) is 7.11 Å². The van der Waals surface area contributed by atoms with Crippen LogP contribution in [0, 0.1) is 0 Å². The lowest BCUT2D eigenvalue weighted by Crippen LogP contribution is -2.46. The molecular formula is C20H32N4O. The summed E-state index contributed by atoms with van der Waals surface area (Å²) in [5.74, 6) is 2.52. The average Bonchev–Trinajstić information content (AvgIpc) is 3.39. The van der Waals surface area contributed by atoms with Crippen LogP contribution in [0.1, 0.15) is 37.7 Å². The molecule has 1 aromatic rings. The van der Waals surface area contributed by atoms with Gasteiger partial charge in [-0.25, -0.2) is 0 Å². The third-order valence-corrected chi connectivity index (χ3v) is 5.66. The molecule has 1 aromatic carbocycles. The number of benzene rings is 1. The zero-order valence-corrected chi connectivity index (χ0v) is 16.0. The maximum Gasteiger partial charge on any atom is 0.193 e. The summed E-state index contributed by atoms with van der Waals surface area (Å²) in [7, 11) is 5.84. The molecule has 138 valence electrons. The molecule has 5 nitrogen and oxygen atoms in total. The highest BCUT2D eigenvalue weighted by Crippen LogP contribution is 2.29. The molecule has 0 radical (unpaired) electrons. The van der Waals surface area contributed by atoms with E-state index in [2.05, 4.69) is 58.3 Å². The second kappa shape index (κ2) is 8.09. The number of nitrogens with one attached hydrogen (secondary N) is 1. The van der Waals surface area contributed by atoms with Crippen LogP contribution in [0.4, 0.5) is 0 Å². The van der Waals surface area contributed by atoms with Gasteiger partial charge in [-0.15, -0.1) is 0 Å². The number of likely N-dealkylation sites (N-methyl/N-ethyl adjacent to an activating group) is 1. The monoisotopic (exact) mass is 344 g/mol. The Morgan fingerprint density at radius 3 is 2.64 bits per heavy atom. The number of nitrogens with zero attached hydrogens (tertiary/aromatic N) is 3. The summed E-state index contributed by atoms with van der Waals surface area (Å²) in [4.78, 5) is 9.39. The van der Waals surface area contributed by atoms with Gasteiger partial charge in [-0.2, -0.15) is 0 Å². The SMILES string of the molecule is CN=C(NCC(C)N(C)C1CC1)N1CCC(c2ccc(OC)cc2)C1. The third kappa shape index (κ3) is 4.46. The lowest BCUT2D eigenvalue weighted by atomic mass is 9.98. The summed E-state index contributed by atoms with van der Waals surface area (Å²) in [6.45, 7) is 5.33. The van der Waals surface area contributed by atoms with Crippen LogP contribution in [0.25, 0.3) is 0 Å². The number of ether oxygens (including phenoxy) is 1. The van der Waals surface area contributed by atoms with Gasteiger partial charge in [-0.3, -0.25) is 9.89 Å². The number of rotatable bonds is 6. The van der Waals surface area contributed by atoms with Crippen molar-refractivity contribution in [3.63, 3.8) is 0 Å². The van der Waals surface area contributed by atoms with Gasteiger partial charge >= 0.3 is 0 Å². The van der Waals surface area contributed by atoms with E-state index in [4.69, 9.17) is 4.74 Å². The van der Waals surface area contributed by atoms with E-state index < -0.39 is 0 Å². The molecule has 2 atom stereocenters. The molecule has 1 N–H and O–H groups in total. The summed E-state index contributed by atoms with van der Waals surface area (Å²) in [5.41, 5.74) is 1.39. The zero-order chi connectivity index (χ0) is 17.8. The van der Waals surface area contributed by atoms with E-state index in [9.17, 15) is 0 Å². The Kier molecular flexibility index (Phi) is 5.84. The van der Waals surface area contributed by atoms with E-state index in [1.54, 1.807) is 7.11 Å². The fourth-order valence-corrected chi connectivity index (χ4v) is 3.66. The first-order valence-electron chi connectivity index (χ1n) is 9.44. The van der Waals surface area contributed by atoms with Gasteiger partial charge < -0.3 is 15.0 Å². The molecule has 0 spiro atoms. The van der Waals surface area contributed by atoms with Crippen LogP contribution in [-0.2, 0) is 0 Å². The van der Waals surface area contributed by atoms with Gasteiger partial charge in [-0.05, 0) is 50.9 Å². The van der Waals surface area contributed by atoms with E-state index in [1.807, 2.05) is 7.05 Å². The van der Waals surface area contributed by atoms with Gasteiger partial charge in [-0.1, -0.05) is 12.1 Å². The smallest absolute Gasteiger partial charge is 0.193 e. The molecule has 1 aliphatic carbocycles. The lowest BCUT2D eigenvalue weighted by molar-refractivity contribution is 0.246. The minimum atomic E-state index is 0.532. The highest BCUT2D eigenvalue weighted by molar-refractivity contribution is 5.80. The summed E-state index contributed by atoms with van der Waals surface area (Å²) < 4.78 is 5.26. The molecule has 3 rings (SSSR count). The van der Waals surface area contributed by atoms with Crippen molar-refractivity contribution in [3.05, 3.63) is 29.8 Å². The molecule has 0 bridgehead atoms. The molecule has 2 aliphatic rings. The Morgan fingerprint density at radius 2 is 2.04 bits per heavy atom. The molecule has 1 aliphatic heterocycles. The van der Waals surface area contributed by atoms with Crippen molar-refractivity contribution >= 4 is 5.96 Å². The van der Waals surface area contributed by atoms with Crippen LogP contribution in [-0.4, -0.2) is 68.7 Å². The van der Waals surface area contributed by atoms with E-state index in [1.165, 1.54) is 24.8 Å². The summed E-state index contributed by atoms with van der Waals surface area (Å²) >= 11 is 0. The van der Waals surface area contributed by atoms with E-state index in [0.717, 1.165) is 37.4 Å². The molecule has 2 unspecified atom stereocenters. The van der Waals surface area contributed by atoms with E-state index in [0.29, 0.717) is 12.0 Å². The normalized spacial score (nSPS) is 22.4. The minimum absolute atomic E-state index is 0.532. The van der Waals surface area contributed by atoms with Crippen LogP contribution in [0.15, 0.2) is 29.3 Å². The Morgan fingerprint density at radius 1 is 1.32 bits per heavy atom. The molecule has 5 heteroatoms. The van der Waals surface area contributed by atoms with Crippen molar-refractivity contribution in [2.24, 2.45) is 4.99 Å². The quantitative estimate of drug-likeness (QED) is 0.636. The standard InChI is InChI=1S/C20H32N4O/c1-15(23(3)18-7-8-18)13-22-20(21-2)24-12-11-17(14-24)16-5-9-19(25-4)10-6-16/h5-6,9-10,15,17-18H,7-8,11-14H2,1-4H3,(H,21,22). The Hall–Kier alpha value is -1.75. The highest BCUT2D eigenvalue weighted by Gasteiger charge is 2.30. The molecule has 25 heavy (non-hydrogen) atoms. The molecular weight excluding hydrogens is 312 g/mol. The van der Waals surface area contributed by atoms with Crippen molar-refractivity contribution < 1.29 is 4.74 Å². The van der Waals surface area contributed by atoms with Gasteiger partial charge in [0.25, 0.3) is 0 Å². The van der Waals surface area contributed by atoms with Gasteiger partial charge in [0, 0.05) is 44.7 Å². The predicted molar refractivity (Wildman–Crippen MR) is 104 cm³/mol. The Labute approximate surface area is 152 Å². The number of hydrogen-bond donors (Lipinski definition) is 1. The number of aliphatic imine (C=N–C) groups is 1. The van der Waals surface area contributed by atoms with Crippen molar-refractivity contribution in [2.45, 2.75) is 44.2 Å². The molecule has 0 amide bonds. The average molecular weight is 345 g/mol. The van der Waals surface area contributed by atoms with E-state index in [-0.39, 0.29) is 0 Å². The second-order valence-electron chi connectivity index (χ2n) is 7.38. The van der Waals surface area contributed by atoms with Crippen molar-refractivity contribution in [2.75, 3.05) is 40.8 Å². The van der Waals surface area contributed by atoms with E-state index >= 15 is 0 Å². The van der Waals surface area contributed by atoms with Crippen LogP contribution in [0.2, 0.25) is 0 Å². The van der Waals surface area contributed by atoms with Crippen molar-refractivity contribution in [3.8, 4) is 5.75 Å². The first-order valence-corrected chi connectivity index (χ1v) is 9.44. The number of guanidine groups is 1. The predicted octanol–water partition coefficient (Wildman–Crippen LogP) is 2.54. The number of methoxy groups -OCH3 is 1. The van der Waals surface area contributed by atoms with Crippen LogP contribution < -0.4 is 10.1 Å². The molecule has 1 saturated carbocycles. The van der Waals surface area contributed by atoms with Crippen molar-refractivity contribution in [1.82, 2.24) is 15.1 Å². The number of hydrogen-bond acceptors (Lipinski definition) is 3. The Bertz CT molecular complexity index is 582. The second-order valence-corrected chi connectivity index (χ2v) is 7.38. The van der Waals surface area contributed by atoms with Gasteiger partial charge in [0.2, 0.25) is 0 Å². The minimum Gasteiger partial charge on any atom is -0.497 e. The fraction of sp³-hybridized carbons (Fsp3) is 0.650. The van der Waals surface area contributed by atoms with Crippen LogP contribution in [0.5, 0.6) is 5.75 Å². The maximum absolute atomic E-state index is 5.26. The summed E-state index contributed by atoms with van der Waals surface area (Å²) in [6.07, 6.45) is 3.88. The fourth-order valence-electron chi connectivity index (χ4n) is 3.66. The van der Waals surface area contributed by atoms with Crippen LogP contribution in [0.3, 0.4) is 0 Å². The third-order valence-electron chi connectivity index (χ3n) is 5.66. The summed E-state index contributed by atoms with van der Waals surface area (Å²) in [5, 5.41) is 3.58. The number of likely N-dealkylation sites (tertiary alicyclic amines) is 1. The zero-order valence-electron chi connectivity index (χ0n) is 16.0. The Balaban J connectivity index is 1.52. The van der Waals surface area contributed by atoms with Crippen molar-refractivity contribution in [1.29, 1.82) is 0 Å².